The minimum Gasteiger partial charge on any atom is -0.292 e. The summed E-state index contributed by atoms with van der Waals surface area (Å²) in [6.45, 7) is 0. The number of carbonyl (C=O) groups is 1. The van der Waals surface area contributed by atoms with Crippen molar-refractivity contribution in [1.82, 2.24) is 4.98 Å². The van der Waals surface area contributed by atoms with E-state index in [2.05, 4.69) is 20.9 Å². The number of carbonyl (C=O) groups excluding carboxylic acids is 1. The second-order valence-electron chi connectivity index (χ2n) is 3.96. The molecule has 1 unspecified atom stereocenters. The molecular formula is C14H7BrF2N2O. The fourth-order valence-electron chi connectivity index (χ4n) is 1.75. The molecule has 0 N–H and O–H groups in total. The SMILES string of the molecule is N#CC(C(=O)c1c(F)cc(Br)cc1F)c1cccnc1. The Balaban J connectivity index is 2.48. The van der Waals surface area contributed by atoms with Crippen LogP contribution >= 0.6 is 15.9 Å². The smallest absolute Gasteiger partial charge is 0.190 e. The maximum Gasteiger partial charge on any atom is 0.190 e. The van der Waals surface area contributed by atoms with Crippen molar-refractivity contribution >= 4 is 21.7 Å². The molecule has 0 aliphatic heterocycles. The van der Waals surface area contributed by atoms with E-state index in [1.54, 1.807) is 12.1 Å². The van der Waals surface area contributed by atoms with Crippen LogP contribution in [0.2, 0.25) is 0 Å². The Morgan fingerprint density at radius 1 is 1.35 bits per heavy atom. The lowest BCUT2D eigenvalue weighted by atomic mass is 9.92. The maximum atomic E-state index is 13.8. The van der Waals surface area contributed by atoms with Gasteiger partial charge >= 0.3 is 0 Å². The number of rotatable bonds is 3. The van der Waals surface area contributed by atoms with Gasteiger partial charge in [0.2, 0.25) is 0 Å². The summed E-state index contributed by atoms with van der Waals surface area (Å²) in [4.78, 5) is 16.0. The van der Waals surface area contributed by atoms with Crippen molar-refractivity contribution < 1.29 is 13.6 Å². The largest absolute Gasteiger partial charge is 0.292 e. The van der Waals surface area contributed by atoms with Gasteiger partial charge in [0, 0.05) is 16.9 Å². The molecule has 0 bridgehead atoms. The normalized spacial score (nSPS) is 11.7. The van der Waals surface area contributed by atoms with Crippen LogP contribution in [0, 0.1) is 23.0 Å². The first-order chi connectivity index (χ1) is 9.54. The number of hydrogen-bond acceptors (Lipinski definition) is 3. The molecule has 0 saturated carbocycles. The second-order valence-corrected chi connectivity index (χ2v) is 4.87. The van der Waals surface area contributed by atoms with Crippen molar-refractivity contribution in [2.45, 2.75) is 5.92 Å². The van der Waals surface area contributed by atoms with Crippen molar-refractivity contribution in [2.75, 3.05) is 0 Å². The third-order valence-electron chi connectivity index (χ3n) is 2.66. The average Bonchev–Trinajstić information content (AvgIpc) is 2.39. The Hall–Kier alpha value is -2.13. The zero-order valence-corrected chi connectivity index (χ0v) is 11.6. The average molecular weight is 337 g/mol. The van der Waals surface area contributed by atoms with Crippen LogP contribution in [0.4, 0.5) is 8.78 Å². The molecule has 1 aromatic heterocycles. The molecule has 100 valence electrons. The lowest BCUT2D eigenvalue weighted by Gasteiger charge is -2.10. The number of aromatic nitrogens is 1. The first-order valence-electron chi connectivity index (χ1n) is 5.53. The third kappa shape index (κ3) is 2.73. The van der Waals surface area contributed by atoms with Gasteiger partial charge in [0.1, 0.15) is 17.6 Å². The van der Waals surface area contributed by atoms with Gasteiger partial charge < -0.3 is 0 Å². The van der Waals surface area contributed by atoms with E-state index < -0.39 is 28.9 Å². The van der Waals surface area contributed by atoms with Crippen LogP contribution < -0.4 is 0 Å². The van der Waals surface area contributed by atoms with Crippen LogP contribution in [0.15, 0.2) is 41.1 Å². The number of nitrogens with zero attached hydrogens (tertiary/aromatic N) is 2. The van der Waals surface area contributed by atoms with Gasteiger partial charge in [-0.2, -0.15) is 5.26 Å². The molecular weight excluding hydrogens is 330 g/mol. The topological polar surface area (TPSA) is 53.8 Å². The second kappa shape index (κ2) is 5.88. The zero-order valence-electron chi connectivity index (χ0n) is 9.98. The van der Waals surface area contributed by atoms with Crippen LogP contribution in [0.1, 0.15) is 21.8 Å². The van der Waals surface area contributed by atoms with Crippen LogP contribution in [0.25, 0.3) is 0 Å². The molecule has 0 aliphatic carbocycles. The zero-order chi connectivity index (χ0) is 14.7. The minimum absolute atomic E-state index is 0.180. The fourth-order valence-corrected chi connectivity index (χ4v) is 2.16. The first-order valence-corrected chi connectivity index (χ1v) is 6.32. The van der Waals surface area contributed by atoms with E-state index in [0.29, 0.717) is 5.56 Å². The summed E-state index contributed by atoms with van der Waals surface area (Å²) in [5, 5.41) is 9.09. The summed E-state index contributed by atoms with van der Waals surface area (Å²) in [5.41, 5.74) is -0.426. The van der Waals surface area contributed by atoms with Gasteiger partial charge in [-0.15, -0.1) is 0 Å². The number of nitriles is 1. The van der Waals surface area contributed by atoms with E-state index >= 15 is 0 Å². The van der Waals surface area contributed by atoms with Gasteiger partial charge in [0.05, 0.1) is 11.6 Å². The van der Waals surface area contributed by atoms with E-state index in [4.69, 9.17) is 5.26 Å². The van der Waals surface area contributed by atoms with Gasteiger partial charge in [0.25, 0.3) is 0 Å². The molecule has 2 aromatic rings. The highest BCUT2D eigenvalue weighted by molar-refractivity contribution is 9.10. The molecule has 3 nitrogen and oxygen atoms in total. The fraction of sp³-hybridized carbons (Fsp3) is 0.0714. The Morgan fingerprint density at radius 3 is 2.50 bits per heavy atom. The predicted octanol–water partition coefficient (Wildman–Crippen LogP) is 3.61. The van der Waals surface area contributed by atoms with Gasteiger partial charge in [0.15, 0.2) is 5.78 Å². The summed E-state index contributed by atoms with van der Waals surface area (Å²) in [7, 11) is 0. The molecule has 0 radical (unpaired) electrons. The Kier molecular flexibility index (Phi) is 4.20. The number of Topliss-reactive ketones (excluding diaryl/α,β-unsaturated/α-hetero) is 1. The lowest BCUT2D eigenvalue weighted by Crippen LogP contribution is -2.15. The van der Waals surface area contributed by atoms with Gasteiger partial charge in [-0.3, -0.25) is 9.78 Å². The molecule has 0 fully saturated rings. The minimum atomic E-state index is -1.30. The summed E-state index contributed by atoms with van der Waals surface area (Å²) in [6.07, 6.45) is 2.80. The van der Waals surface area contributed by atoms with Crippen molar-refractivity contribution in [3.8, 4) is 6.07 Å². The summed E-state index contributed by atoms with van der Waals surface area (Å²) >= 11 is 2.93. The predicted molar refractivity (Wildman–Crippen MR) is 71.0 cm³/mol. The van der Waals surface area contributed by atoms with E-state index in [-0.39, 0.29) is 4.47 Å². The Bertz CT molecular complexity index is 675. The van der Waals surface area contributed by atoms with Gasteiger partial charge in [-0.25, -0.2) is 8.78 Å². The van der Waals surface area contributed by atoms with E-state index in [1.807, 2.05) is 0 Å². The van der Waals surface area contributed by atoms with Gasteiger partial charge in [-0.05, 0) is 23.8 Å². The lowest BCUT2D eigenvalue weighted by molar-refractivity contribution is 0.0970. The quantitative estimate of drug-likeness (QED) is 0.804. The summed E-state index contributed by atoms with van der Waals surface area (Å²) < 4.78 is 27.7. The molecule has 2 rings (SSSR count). The highest BCUT2D eigenvalue weighted by atomic mass is 79.9. The molecule has 0 aliphatic rings. The van der Waals surface area contributed by atoms with Crippen LogP contribution in [-0.2, 0) is 0 Å². The van der Waals surface area contributed by atoms with Crippen molar-refractivity contribution in [2.24, 2.45) is 0 Å². The summed E-state index contributed by atoms with van der Waals surface area (Å²) in [6, 6.07) is 6.76. The molecule has 1 aromatic carbocycles. The highest BCUT2D eigenvalue weighted by Crippen LogP contribution is 2.25. The molecule has 0 spiro atoms. The third-order valence-corrected chi connectivity index (χ3v) is 3.12. The van der Waals surface area contributed by atoms with Crippen molar-refractivity contribution in [3.05, 3.63) is 63.9 Å². The van der Waals surface area contributed by atoms with Crippen LogP contribution in [-0.4, -0.2) is 10.8 Å². The molecule has 0 amide bonds. The van der Waals surface area contributed by atoms with Crippen molar-refractivity contribution in [1.29, 1.82) is 5.26 Å². The first kappa shape index (κ1) is 14.3. The van der Waals surface area contributed by atoms with E-state index in [0.717, 1.165) is 12.1 Å². The van der Waals surface area contributed by atoms with Crippen LogP contribution in [0.5, 0.6) is 0 Å². The Morgan fingerprint density at radius 2 is 2.00 bits per heavy atom. The standard InChI is InChI=1S/C14H7BrF2N2O/c15-9-4-11(16)13(12(17)5-9)14(20)10(6-18)8-2-1-3-19-7-8/h1-5,7,10H. The number of hydrogen-bond donors (Lipinski definition) is 0. The molecule has 0 saturated heterocycles. The van der Waals surface area contributed by atoms with Crippen LogP contribution in [0.3, 0.4) is 0 Å². The summed E-state index contributed by atoms with van der Waals surface area (Å²) in [5.74, 6) is -4.24. The molecule has 1 atom stereocenters. The van der Waals surface area contributed by atoms with E-state index in [9.17, 15) is 13.6 Å². The maximum absolute atomic E-state index is 13.8. The molecule has 1 heterocycles. The van der Waals surface area contributed by atoms with E-state index in [1.165, 1.54) is 18.5 Å². The molecule has 20 heavy (non-hydrogen) atoms. The monoisotopic (exact) mass is 336 g/mol. The number of ketones is 1. The molecule has 6 heteroatoms. The number of pyridine rings is 1. The highest BCUT2D eigenvalue weighted by Gasteiger charge is 2.27. The van der Waals surface area contributed by atoms with Gasteiger partial charge in [-0.1, -0.05) is 22.0 Å². The van der Waals surface area contributed by atoms with Crippen molar-refractivity contribution in [3.63, 3.8) is 0 Å². The number of benzene rings is 1. The number of halogens is 3. The Labute approximate surface area is 122 Å².